The molecule has 0 N–H and O–H groups in total. The summed E-state index contributed by atoms with van der Waals surface area (Å²) in [6.45, 7) is 44.0. The van der Waals surface area contributed by atoms with Gasteiger partial charge < -0.3 is 19.1 Å². The van der Waals surface area contributed by atoms with Crippen molar-refractivity contribution in [2.24, 2.45) is 0 Å². The summed E-state index contributed by atoms with van der Waals surface area (Å²) < 4.78 is 91.8. The van der Waals surface area contributed by atoms with E-state index in [0.717, 1.165) is 74.3 Å². The minimum atomic E-state index is -0.465. The second-order valence-electron chi connectivity index (χ2n) is 30.8. The summed E-state index contributed by atoms with van der Waals surface area (Å²) in [4.78, 5) is 9.44. The van der Waals surface area contributed by atoms with Gasteiger partial charge in [-0.15, -0.1) is 53.6 Å². The van der Waals surface area contributed by atoms with Crippen LogP contribution in [0.1, 0.15) is 196 Å². The van der Waals surface area contributed by atoms with E-state index >= 15 is 0 Å². The van der Waals surface area contributed by atoms with E-state index in [2.05, 4.69) is 208 Å². The summed E-state index contributed by atoms with van der Waals surface area (Å²) in [6, 6.07) is 39.8. The molecule has 88 heavy (non-hydrogen) atoms. The third kappa shape index (κ3) is 11.5. The van der Waals surface area contributed by atoms with Gasteiger partial charge in [0, 0.05) is 78.0 Å². The fourth-order valence-electron chi connectivity index (χ4n) is 12.8. The molecular weight excluding hydrogens is 1250 g/mol. The summed E-state index contributed by atoms with van der Waals surface area (Å²) in [5, 5.41) is 0.907. The Morgan fingerprint density at radius 2 is 1.09 bits per heavy atom. The van der Waals surface area contributed by atoms with Crippen molar-refractivity contribution in [3.8, 4) is 50.7 Å². The molecule has 2 aromatic heterocycles. The van der Waals surface area contributed by atoms with Crippen LogP contribution in [-0.2, 0) is 59.0 Å². The van der Waals surface area contributed by atoms with Gasteiger partial charge in [0.2, 0.25) is 0 Å². The van der Waals surface area contributed by atoms with E-state index in [1.165, 1.54) is 11.1 Å². The van der Waals surface area contributed by atoms with Gasteiger partial charge in [0.1, 0.15) is 5.82 Å². The number of rotatable bonds is 8. The monoisotopic (exact) mass is 1350 g/mol. The SMILES string of the molecule is [2H]c1c([2H])c([2H])c(-c2cc(C(C)(C)C)cc(-c3cc(C(C)(C)C)cc(C(C)(C)C)c3)c2N2[CH-]N(c3[c-]c(Oc4[c-]c5c(cc4)c4c([2H])c([2H])c([2H])c([2H])c4n5-c4cc(C(C)(C)C)c(-c5cccc6c5C(C)(C)CCC6(C)C)cn4)cc(C(C)(C)C)c3)c3ccccc32)c([2H])c1[2H].[Pt]. The quantitative estimate of drug-likeness (QED) is 0.142. The molecule has 0 amide bonds. The Labute approximate surface area is 553 Å². The van der Waals surface area contributed by atoms with Crippen LogP contribution in [0.5, 0.6) is 11.5 Å². The third-order valence-corrected chi connectivity index (χ3v) is 18.1. The van der Waals surface area contributed by atoms with Crippen LogP contribution in [0.25, 0.3) is 61.0 Å². The number of benzene rings is 8. The van der Waals surface area contributed by atoms with E-state index in [0.29, 0.717) is 50.5 Å². The maximum Gasteiger partial charge on any atom is 0.135 e. The average molecular weight is 1350 g/mol. The smallest absolute Gasteiger partial charge is 0.135 e. The van der Waals surface area contributed by atoms with Gasteiger partial charge in [-0.25, -0.2) is 4.98 Å². The minimum Gasteiger partial charge on any atom is -0.509 e. The number of fused-ring (bicyclic) bond motifs is 5. The predicted octanol–water partition coefficient (Wildman–Crippen LogP) is 22.8. The van der Waals surface area contributed by atoms with Crippen molar-refractivity contribution in [2.75, 3.05) is 9.80 Å². The standard InChI is InChI=1S/C82H89N4O.Pt/c1-76(2,3)54-40-53(41-55(42-54)77(4,5)6)65-46-57(79(10,11)12)45-64(52-28-21-20-22-29-52)75(65)85-51-84(70-34-25-26-35-71(70)85)58-43-56(78(7,8)9)44-60(47-58)87-59-36-37-62-61-30-23-24-33-69(61)86(72(62)48-59)73-49-68(80(13,14)15)66(50-83-73)63-31-27-32-67-74(63)82(18,19)39-38-81(67,16)17;/h20-37,40-46,49-51H,38-39H2,1-19H3;/q-3;/i20D,21D,22D,23D,24D,28D,29D,30D,33D;. The Balaban J connectivity index is 0.00000954. The van der Waals surface area contributed by atoms with Gasteiger partial charge in [0.15, 0.2) is 0 Å². The van der Waals surface area contributed by atoms with Gasteiger partial charge in [0.25, 0.3) is 0 Å². The number of nitrogens with zero attached hydrogens (tertiary/aromatic N) is 4. The zero-order chi connectivity index (χ0) is 70.0. The molecule has 0 radical (unpaired) electrons. The number of para-hydroxylation sites is 3. The molecule has 5 nitrogen and oxygen atoms in total. The Morgan fingerprint density at radius 1 is 0.511 bits per heavy atom. The molecule has 8 aromatic carbocycles. The molecule has 6 heteroatoms. The van der Waals surface area contributed by atoms with Crippen molar-refractivity contribution < 1.29 is 38.1 Å². The first-order chi connectivity index (χ1) is 44.5. The van der Waals surface area contributed by atoms with Crippen LogP contribution in [0.3, 0.4) is 0 Å². The number of hydrogen-bond acceptors (Lipinski definition) is 4. The number of pyridine rings is 1. The molecule has 0 unspecified atom stereocenters. The van der Waals surface area contributed by atoms with Crippen LogP contribution in [0.4, 0.5) is 22.7 Å². The Bertz CT molecular complexity index is 4810. The Morgan fingerprint density at radius 3 is 1.73 bits per heavy atom. The maximum absolute atomic E-state index is 9.60. The summed E-state index contributed by atoms with van der Waals surface area (Å²) >= 11 is 0. The number of anilines is 4. The number of ether oxygens (including phenoxy) is 1. The van der Waals surface area contributed by atoms with Crippen LogP contribution in [0.2, 0.25) is 0 Å². The van der Waals surface area contributed by atoms with Gasteiger partial charge in [-0.3, -0.25) is 0 Å². The molecule has 0 saturated carbocycles. The zero-order valence-electron chi connectivity index (χ0n) is 63.9. The molecular formula is C82H89N4OPt-3. The predicted molar refractivity (Wildman–Crippen MR) is 369 cm³/mol. The molecule has 0 atom stereocenters. The number of hydrogen-bond donors (Lipinski definition) is 0. The largest absolute Gasteiger partial charge is 0.509 e. The normalized spacial score (nSPS) is 16.6. The van der Waals surface area contributed by atoms with E-state index in [4.69, 9.17) is 16.6 Å². The second kappa shape index (κ2) is 22.1. The fraction of sp³-hybridized carbons (Fsp3) is 0.341. The van der Waals surface area contributed by atoms with Crippen molar-refractivity contribution in [1.29, 1.82) is 0 Å². The van der Waals surface area contributed by atoms with E-state index in [1.807, 2.05) is 59.9 Å². The summed E-state index contributed by atoms with van der Waals surface area (Å²) in [5.41, 5.74) is 14.1. The van der Waals surface area contributed by atoms with E-state index in [1.54, 1.807) is 6.07 Å². The summed E-state index contributed by atoms with van der Waals surface area (Å²) in [5.74, 6) is 1.17. The minimum absolute atomic E-state index is 0. The average Bonchev–Trinajstić information content (AvgIpc) is 1.55. The van der Waals surface area contributed by atoms with Crippen molar-refractivity contribution in [3.05, 3.63) is 221 Å². The van der Waals surface area contributed by atoms with Gasteiger partial charge >= 0.3 is 0 Å². The van der Waals surface area contributed by atoms with Gasteiger partial charge in [0.05, 0.1) is 12.3 Å². The second-order valence-corrected chi connectivity index (χ2v) is 30.8. The zero-order valence-corrected chi connectivity index (χ0v) is 57.2. The van der Waals surface area contributed by atoms with Crippen LogP contribution in [0, 0.1) is 18.8 Å². The first-order valence-corrected chi connectivity index (χ1v) is 30.8. The molecule has 1 aliphatic carbocycles. The third-order valence-electron chi connectivity index (χ3n) is 18.1. The Hall–Kier alpha value is -7.20. The van der Waals surface area contributed by atoms with E-state index in [-0.39, 0.29) is 90.1 Å². The van der Waals surface area contributed by atoms with Gasteiger partial charge in [-0.1, -0.05) is 234 Å². The van der Waals surface area contributed by atoms with Crippen LogP contribution < -0.4 is 14.5 Å². The van der Waals surface area contributed by atoms with E-state index < -0.39 is 34.4 Å². The molecule has 0 bridgehead atoms. The molecule has 0 fully saturated rings. The molecule has 3 heterocycles. The summed E-state index contributed by atoms with van der Waals surface area (Å²) in [6.07, 6.45) is 4.06. The van der Waals surface area contributed by atoms with Gasteiger partial charge in [-0.2, -0.15) is 6.07 Å². The molecule has 0 saturated heterocycles. The van der Waals surface area contributed by atoms with E-state index in [9.17, 15) is 5.48 Å². The number of aromatic nitrogens is 2. The summed E-state index contributed by atoms with van der Waals surface area (Å²) in [7, 11) is 0. The van der Waals surface area contributed by atoms with Crippen LogP contribution >= 0.6 is 0 Å². The maximum atomic E-state index is 9.60. The van der Waals surface area contributed by atoms with Crippen LogP contribution in [-0.4, -0.2) is 9.55 Å². The van der Waals surface area contributed by atoms with Crippen LogP contribution in [0.15, 0.2) is 164 Å². The first-order valence-electron chi connectivity index (χ1n) is 35.3. The molecule has 0 spiro atoms. The first kappa shape index (κ1) is 51.7. The Kier molecular flexibility index (Phi) is 13.0. The topological polar surface area (TPSA) is 33.5 Å². The van der Waals surface area contributed by atoms with Crippen molar-refractivity contribution in [2.45, 2.75) is 182 Å². The van der Waals surface area contributed by atoms with Crippen molar-refractivity contribution in [1.82, 2.24) is 9.55 Å². The molecule has 1 aliphatic heterocycles. The molecule has 10 aromatic rings. The van der Waals surface area contributed by atoms with Crippen molar-refractivity contribution in [3.63, 3.8) is 0 Å². The molecule has 2 aliphatic rings. The van der Waals surface area contributed by atoms with Crippen molar-refractivity contribution >= 4 is 44.6 Å². The fourth-order valence-corrected chi connectivity index (χ4v) is 12.8. The van der Waals surface area contributed by atoms with Gasteiger partial charge in [-0.05, 0) is 143 Å². The molecule has 12 rings (SSSR count). The molecule has 456 valence electrons.